The van der Waals surface area contributed by atoms with Crippen LogP contribution in [0.25, 0.3) is 0 Å². The molecular weight excluding hydrogens is 218 g/mol. The molecule has 0 spiro atoms. The molecule has 0 radical (unpaired) electrons. The van der Waals surface area contributed by atoms with Gasteiger partial charge in [-0.25, -0.2) is 0 Å². The predicted octanol–water partition coefficient (Wildman–Crippen LogP) is 4.11. The Morgan fingerprint density at radius 3 is 2.06 bits per heavy atom. The summed E-state index contributed by atoms with van der Waals surface area (Å²) in [5, 5.41) is 0.794. The molecule has 90 valence electrons. The number of benzene rings is 1. The largest absolute Gasteiger partial charge is 0.330 e. The average molecular weight is 240 g/mol. The first-order valence-electron chi connectivity index (χ1n) is 6.13. The summed E-state index contributed by atoms with van der Waals surface area (Å²) in [4.78, 5) is 0. The molecule has 1 saturated carbocycles. The molecule has 1 aliphatic rings. The number of hydrogen-bond donors (Lipinski definition) is 1. The van der Waals surface area contributed by atoms with Crippen LogP contribution in [-0.2, 0) is 0 Å². The van der Waals surface area contributed by atoms with E-state index in [9.17, 15) is 0 Å². The van der Waals surface area contributed by atoms with Gasteiger partial charge in [0.15, 0.2) is 0 Å². The Kier molecular flexibility index (Phi) is 6.51. The number of halogens is 1. The summed E-state index contributed by atoms with van der Waals surface area (Å²) in [5.41, 5.74) is 5.55. The average Bonchev–Trinajstić information content (AvgIpc) is 2.32. The third-order valence-electron chi connectivity index (χ3n) is 3.20. The Hall–Kier alpha value is -0.530. The Morgan fingerprint density at radius 2 is 1.69 bits per heavy atom. The molecule has 0 amide bonds. The topological polar surface area (TPSA) is 26.0 Å². The molecule has 2 N–H and O–H groups in total. The highest BCUT2D eigenvalue weighted by Crippen LogP contribution is 2.26. The summed E-state index contributed by atoms with van der Waals surface area (Å²) in [5.74, 6) is 1.81. The van der Waals surface area contributed by atoms with Crippen LogP contribution in [0.5, 0.6) is 0 Å². The zero-order valence-corrected chi connectivity index (χ0v) is 10.8. The van der Waals surface area contributed by atoms with Gasteiger partial charge in [-0.1, -0.05) is 49.6 Å². The highest BCUT2D eigenvalue weighted by molar-refractivity contribution is 6.30. The quantitative estimate of drug-likeness (QED) is 0.784. The molecule has 0 aromatic heterocycles. The number of nitrogens with two attached hydrogens (primary N) is 1. The van der Waals surface area contributed by atoms with Gasteiger partial charge >= 0.3 is 0 Å². The summed E-state index contributed by atoms with van der Waals surface area (Å²) in [6.45, 7) is 3.25. The minimum atomic E-state index is 0.794. The van der Waals surface area contributed by atoms with Crippen molar-refractivity contribution in [3.8, 4) is 0 Å². The van der Waals surface area contributed by atoms with Crippen LogP contribution in [0.1, 0.15) is 32.6 Å². The minimum absolute atomic E-state index is 0.794. The van der Waals surface area contributed by atoms with Crippen molar-refractivity contribution in [2.75, 3.05) is 6.54 Å². The third kappa shape index (κ3) is 5.53. The minimum Gasteiger partial charge on any atom is -0.330 e. The summed E-state index contributed by atoms with van der Waals surface area (Å²) in [6.07, 6.45) is 5.55. The fourth-order valence-electron chi connectivity index (χ4n) is 1.98. The van der Waals surface area contributed by atoms with E-state index in [1.807, 2.05) is 30.3 Å². The first-order chi connectivity index (χ1) is 7.72. The van der Waals surface area contributed by atoms with Crippen LogP contribution >= 0.6 is 11.6 Å². The maximum atomic E-state index is 5.55. The molecular formula is C14H22ClN. The molecule has 16 heavy (non-hydrogen) atoms. The van der Waals surface area contributed by atoms with Crippen molar-refractivity contribution in [1.82, 2.24) is 0 Å². The van der Waals surface area contributed by atoms with E-state index in [1.165, 1.54) is 25.7 Å². The van der Waals surface area contributed by atoms with Gasteiger partial charge in [0, 0.05) is 5.02 Å². The summed E-state index contributed by atoms with van der Waals surface area (Å²) in [7, 11) is 0. The van der Waals surface area contributed by atoms with E-state index in [0.717, 1.165) is 23.4 Å². The van der Waals surface area contributed by atoms with Crippen LogP contribution in [0.15, 0.2) is 30.3 Å². The van der Waals surface area contributed by atoms with Crippen molar-refractivity contribution in [3.05, 3.63) is 35.4 Å². The summed E-state index contributed by atoms with van der Waals surface area (Å²) >= 11 is 5.54. The van der Waals surface area contributed by atoms with Crippen LogP contribution in [0.3, 0.4) is 0 Å². The maximum absolute atomic E-state index is 5.55. The Bertz CT molecular complexity index is 265. The second-order valence-electron chi connectivity index (χ2n) is 4.66. The van der Waals surface area contributed by atoms with Gasteiger partial charge in [-0.2, -0.15) is 0 Å². The Labute approximate surface area is 104 Å². The fourth-order valence-corrected chi connectivity index (χ4v) is 2.12. The molecule has 0 saturated heterocycles. The number of hydrogen-bond acceptors (Lipinski definition) is 1. The lowest BCUT2D eigenvalue weighted by Crippen LogP contribution is -2.20. The van der Waals surface area contributed by atoms with E-state index in [2.05, 4.69) is 6.92 Å². The van der Waals surface area contributed by atoms with Crippen molar-refractivity contribution in [1.29, 1.82) is 0 Å². The van der Waals surface area contributed by atoms with Gasteiger partial charge in [0.1, 0.15) is 0 Å². The normalized spacial score (nSPS) is 24.4. The fraction of sp³-hybridized carbons (Fsp3) is 0.571. The van der Waals surface area contributed by atoms with E-state index in [-0.39, 0.29) is 0 Å². The van der Waals surface area contributed by atoms with Gasteiger partial charge in [0.2, 0.25) is 0 Å². The Balaban J connectivity index is 0.000000165. The molecule has 0 atom stereocenters. The molecule has 1 aromatic rings. The smallest absolute Gasteiger partial charge is 0.0405 e. The van der Waals surface area contributed by atoms with Crippen LogP contribution in [0, 0.1) is 11.8 Å². The Morgan fingerprint density at radius 1 is 1.12 bits per heavy atom. The maximum Gasteiger partial charge on any atom is 0.0405 e. The van der Waals surface area contributed by atoms with Crippen LogP contribution in [-0.4, -0.2) is 6.54 Å². The second kappa shape index (κ2) is 7.70. The lowest BCUT2D eigenvalue weighted by atomic mass is 9.83. The van der Waals surface area contributed by atoms with Crippen LogP contribution in [0.2, 0.25) is 5.02 Å². The third-order valence-corrected chi connectivity index (χ3v) is 3.45. The van der Waals surface area contributed by atoms with Crippen LogP contribution < -0.4 is 5.73 Å². The molecule has 1 nitrogen and oxygen atoms in total. The highest BCUT2D eigenvalue weighted by atomic mass is 35.5. The van der Waals surface area contributed by atoms with Gasteiger partial charge in [-0.15, -0.1) is 0 Å². The molecule has 1 aliphatic carbocycles. The lowest BCUT2D eigenvalue weighted by Gasteiger charge is -2.24. The van der Waals surface area contributed by atoms with Gasteiger partial charge in [0.05, 0.1) is 0 Å². The van der Waals surface area contributed by atoms with Crippen molar-refractivity contribution in [2.45, 2.75) is 32.6 Å². The zero-order valence-electron chi connectivity index (χ0n) is 10.0. The lowest BCUT2D eigenvalue weighted by molar-refractivity contribution is 0.296. The van der Waals surface area contributed by atoms with Gasteiger partial charge in [-0.05, 0) is 43.4 Å². The molecule has 2 heteroatoms. The van der Waals surface area contributed by atoms with E-state index in [0.29, 0.717) is 0 Å². The van der Waals surface area contributed by atoms with E-state index >= 15 is 0 Å². The summed E-state index contributed by atoms with van der Waals surface area (Å²) in [6, 6.07) is 9.44. The first kappa shape index (κ1) is 13.5. The monoisotopic (exact) mass is 239 g/mol. The zero-order chi connectivity index (χ0) is 11.8. The highest BCUT2D eigenvalue weighted by Gasteiger charge is 2.15. The predicted molar refractivity (Wildman–Crippen MR) is 71.6 cm³/mol. The second-order valence-corrected chi connectivity index (χ2v) is 5.09. The van der Waals surface area contributed by atoms with E-state index in [4.69, 9.17) is 17.3 Å². The molecule has 1 aromatic carbocycles. The van der Waals surface area contributed by atoms with E-state index in [1.54, 1.807) is 0 Å². The van der Waals surface area contributed by atoms with Crippen LogP contribution in [0.4, 0.5) is 0 Å². The molecule has 1 fully saturated rings. The molecule has 2 rings (SSSR count). The van der Waals surface area contributed by atoms with Gasteiger partial charge in [0.25, 0.3) is 0 Å². The van der Waals surface area contributed by atoms with Crippen molar-refractivity contribution >= 4 is 11.6 Å². The van der Waals surface area contributed by atoms with Gasteiger partial charge < -0.3 is 5.73 Å². The number of rotatable bonds is 1. The van der Waals surface area contributed by atoms with Crippen molar-refractivity contribution < 1.29 is 0 Å². The first-order valence-corrected chi connectivity index (χ1v) is 6.50. The van der Waals surface area contributed by atoms with Gasteiger partial charge in [-0.3, -0.25) is 0 Å². The van der Waals surface area contributed by atoms with Crippen molar-refractivity contribution in [3.63, 3.8) is 0 Å². The van der Waals surface area contributed by atoms with Crippen molar-refractivity contribution in [2.24, 2.45) is 17.6 Å². The standard InChI is InChI=1S/C8H17N.C6H5Cl/c1-7-2-4-8(6-9)5-3-7;7-6-4-2-1-3-5-6/h7-8H,2-6,9H2,1H3;1-5H. The molecule has 0 bridgehead atoms. The SMILES string of the molecule is CC1CCC(CN)CC1.Clc1ccccc1. The summed E-state index contributed by atoms with van der Waals surface area (Å²) < 4.78 is 0. The molecule has 0 aliphatic heterocycles. The molecule has 0 heterocycles. The molecule has 0 unspecified atom stereocenters. The van der Waals surface area contributed by atoms with E-state index < -0.39 is 0 Å².